The monoisotopic (exact) mass is 262 g/mol. The van der Waals surface area contributed by atoms with Crippen LogP contribution in [0.15, 0.2) is 24.3 Å². The van der Waals surface area contributed by atoms with Crippen LogP contribution in [0.1, 0.15) is 36.4 Å². The summed E-state index contributed by atoms with van der Waals surface area (Å²) in [6.45, 7) is 5.04. The number of rotatable bonds is 4. The fourth-order valence-electron chi connectivity index (χ4n) is 3.07. The molecular weight excluding hydrogens is 236 g/mol. The van der Waals surface area contributed by atoms with Crippen molar-refractivity contribution in [2.75, 3.05) is 26.8 Å². The highest BCUT2D eigenvalue weighted by molar-refractivity contribution is 5.30. The summed E-state index contributed by atoms with van der Waals surface area (Å²) in [6.07, 6.45) is 3.58. The summed E-state index contributed by atoms with van der Waals surface area (Å²) in [5, 5.41) is 0. The maximum Gasteiger partial charge on any atom is 0.0589 e. The van der Waals surface area contributed by atoms with Crippen LogP contribution in [0, 0.1) is 6.92 Å². The second-order valence-electron chi connectivity index (χ2n) is 5.49. The number of nitrogens with zero attached hydrogens (tertiary/aromatic N) is 1. The van der Waals surface area contributed by atoms with Crippen LogP contribution >= 0.6 is 0 Å². The minimum absolute atomic E-state index is 0.223. The largest absolute Gasteiger partial charge is 0.383 e. The first kappa shape index (κ1) is 14.5. The first-order valence-corrected chi connectivity index (χ1v) is 7.28. The van der Waals surface area contributed by atoms with Gasteiger partial charge in [-0.2, -0.15) is 0 Å². The van der Waals surface area contributed by atoms with Gasteiger partial charge in [0.05, 0.1) is 12.6 Å². The van der Waals surface area contributed by atoms with Crippen LogP contribution in [0.3, 0.4) is 0 Å². The van der Waals surface area contributed by atoms with Gasteiger partial charge in [0, 0.05) is 19.7 Å². The van der Waals surface area contributed by atoms with E-state index >= 15 is 0 Å². The molecule has 19 heavy (non-hydrogen) atoms. The molecule has 0 saturated carbocycles. The van der Waals surface area contributed by atoms with Gasteiger partial charge < -0.3 is 10.5 Å². The SMILES string of the molecule is COCCN1CCCCC(N)C1c1ccccc1C. The van der Waals surface area contributed by atoms with Gasteiger partial charge in [0.25, 0.3) is 0 Å². The summed E-state index contributed by atoms with van der Waals surface area (Å²) in [4.78, 5) is 2.50. The molecular formula is C16H26N2O. The average Bonchev–Trinajstić information content (AvgIpc) is 2.59. The molecule has 0 bridgehead atoms. The van der Waals surface area contributed by atoms with E-state index in [0.29, 0.717) is 6.04 Å². The van der Waals surface area contributed by atoms with Gasteiger partial charge in [0.2, 0.25) is 0 Å². The molecule has 0 aromatic heterocycles. The predicted octanol–water partition coefficient (Wildman–Crippen LogP) is 2.50. The zero-order chi connectivity index (χ0) is 13.7. The first-order valence-electron chi connectivity index (χ1n) is 7.28. The number of nitrogens with two attached hydrogens (primary N) is 1. The Bertz CT molecular complexity index is 394. The van der Waals surface area contributed by atoms with E-state index in [9.17, 15) is 0 Å². The number of methoxy groups -OCH3 is 1. The van der Waals surface area contributed by atoms with Gasteiger partial charge in [-0.15, -0.1) is 0 Å². The average molecular weight is 262 g/mol. The Balaban J connectivity index is 2.26. The van der Waals surface area contributed by atoms with Crippen molar-refractivity contribution in [2.24, 2.45) is 5.73 Å². The van der Waals surface area contributed by atoms with Crippen molar-refractivity contribution in [3.63, 3.8) is 0 Å². The molecule has 0 spiro atoms. The third-order valence-corrected chi connectivity index (χ3v) is 4.12. The van der Waals surface area contributed by atoms with Gasteiger partial charge >= 0.3 is 0 Å². The van der Waals surface area contributed by atoms with Crippen molar-refractivity contribution >= 4 is 0 Å². The number of likely N-dealkylation sites (tertiary alicyclic amines) is 1. The van der Waals surface area contributed by atoms with Crippen LogP contribution < -0.4 is 5.73 Å². The highest BCUT2D eigenvalue weighted by Gasteiger charge is 2.29. The molecule has 2 unspecified atom stereocenters. The number of aryl methyl sites for hydroxylation is 1. The summed E-state index contributed by atoms with van der Waals surface area (Å²) in [7, 11) is 1.76. The lowest BCUT2D eigenvalue weighted by molar-refractivity contribution is 0.114. The highest BCUT2D eigenvalue weighted by atomic mass is 16.5. The zero-order valence-corrected chi connectivity index (χ0v) is 12.1. The summed E-state index contributed by atoms with van der Waals surface area (Å²) < 4.78 is 5.25. The van der Waals surface area contributed by atoms with Crippen LogP contribution in [-0.4, -0.2) is 37.7 Å². The van der Waals surface area contributed by atoms with Crippen LogP contribution in [0.5, 0.6) is 0 Å². The Morgan fingerprint density at radius 1 is 1.32 bits per heavy atom. The van der Waals surface area contributed by atoms with E-state index in [-0.39, 0.29) is 6.04 Å². The maximum absolute atomic E-state index is 6.46. The van der Waals surface area contributed by atoms with E-state index in [0.717, 1.165) is 26.1 Å². The van der Waals surface area contributed by atoms with Crippen LogP contribution in [0.2, 0.25) is 0 Å². The summed E-state index contributed by atoms with van der Waals surface area (Å²) >= 11 is 0. The topological polar surface area (TPSA) is 38.5 Å². The number of benzene rings is 1. The van der Waals surface area contributed by atoms with Crippen molar-refractivity contribution in [3.05, 3.63) is 35.4 Å². The van der Waals surface area contributed by atoms with Gasteiger partial charge in [0.15, 0.2) is 0 Å². The highest BCUT2D eigenvalue weighted by Crippen LogP contribution is 2.31. The Morgan fingerprint density at radius 3 is 2.84 bits per heavy atom. The quantitative estimate of drug-likeness (QED) is 0.906. The van der Waals surface area contributed by atoms with E-state index in [1.54, 1.807) is 7.11 Å². The standard InChI is InChI=1S/C16H26N2O/c1-13-7-3-4-8-14(13)16-15(17)9-5-6-10-18(16)11-12-19-2/h3-4,7-8,15-16H,5-6,9-12,17H2,1-2H3. The van der Waals surface area contributed by atoms with Crippen LogP contribution in [0.4, 0.5) is 0 Å². The van der Waals surface area contributed by atoms with E-state index in [1.807, 2.05) is 0 Å². The van der Waals surface area contributed by atoms with Gasteiger partial charge in [-0.3, -0.25) is 4.90 Å². The molecule has 1 aliphatic heterocycles. The van der Waals surface area contributed by atoms with E-state index in [2.05, 4.69) is 36.1 Å². The molecule has 0 amide bonds. The van der Waals surface area contributed by atoms with Gasteiger partial charge in [-0.25, -0.2) is 0 Å². The molecule has 106 valence electrons. The summed E-state index contributed by atoms with van der Waals surface area (Å²) in [5.41, 5.74) is 9.18. The molecule has 1 aromatic carbocycles. The molecule has 2 atom stereocenters. The molecule has 0 radical (unpaired) electrons. The molecule has 3 nitrogen and oxygen atoms in total. The second kappa shape index (κ2) is 7.04. The third kappa shape index (κ3) is 3.56. The molecule has 3 heteroatoms. The smallest absolute Gasteiger partial charge is 0.0589 e. The lowest BCUT2D eigenvalue weighted by atomic mass is 9.93. The molecule has 1 aliphatic rings. The van der Waals surface area contributed by atoms with Gasteiger partial charge in [-0.1, -0.05) is 30.7 Å². The van der Waals surface area contributed by atoms with Gasteiger partial charge in [-0.05, 0) is 37.4 Å². The van der Waals surface area contributed by atoms with Crippen LogP contribution in [0.25, 0.3) is 0 Å². The van der Waals surface area contributed by atoms with E-state index in [1.165, 1.54) is 24.0 Å². The number of ether oxygens (including phenoxy) is 1. The molecule has 1 fully saturated rings. The normalized spacial score (nSPS) is 25.2. The second-order valence-corrected chi connectivity index (χ2v) is 5.49. The molecule has 2 N–H and O–H groups in total. The van der Waals surface area contributed by atoms with Crippen molar-refractivity contribution in [3.8, 4) is 0 Å². The maximum atomic E-state index is 6.46. The molecule has 0 aliphatic carbocycles. The Hall–Kier alpha value is -0.900. The number of hydrogen-bond acceptors (Lipinski definition) is 3. The Labute approximate surface area is 116 Å². The van der Waals surface area contributed by atoms with Gasteiger partial charge in [0.1, 0.15) is 0 Å². The predicted molar refractivity (Wildman–Crippen MR) is 79.2 cm³/mol. The van der Waals surface area contributed by atoms with E-state index < -0.39 is 0 Å². The fraction of sp³-hybridized carbons (Fsp3) is 0.625. The van der Waals surface area contributed by atoms with Crippen molar-refractivity contribution in [2.45, 2.75) is 38.3 Å². The van der Waals surface area contributed by atoms with E-state index in [4.69, 9.17) is 10.5 Å². The minimum atomic E-state index is 0.223. The Kier molecular flexibility index (Phi) is 5.37. The van der Waals surface area contributed by atoms with Crippen molar-refractivity contribution in [1.82, 2.24) is 4.90 Å². The number of hydrogen-bond donors (Lipinski definition) is 1. The molecule has 2 rings (SSSR count). The molecule has 1 aromatic rings. The Morgan fingerprint density at radius 2 is 2.11 bits per heavy atom. The summed E-state index contributed by atoms with van der Waals surface area (Å²) in [5.74, 6) is 0. The lowest BCUT2D eigenvalue weighted by Crippen LogP contribution is -2.41. The van der Waals surface area contributed by atoms with Crippen molar-refractivity contribution < 1.29 is 4.74 Å². The van der Waals surface area contributed by atoms with Crippen molar-refractivity contribution in [1.29, 1.82) is 0 Å². The molecule has 1 heterocycles. The third-order valence-electron chi connectivity index (χ3n) is 4.12. The first-order chi connectivity index (χ1) is 9.24. The fourth-order valence-corrected chi connectivity index (χ4v) is 3.07. The zero-order valence-electron chi connectivity index (χ0n) is 12.1. The molecule has 1 saturated heterocycles. The summed E-state index contributed by atoms with van der Waals surface area (Å²) in [6, 6.07) is 9.18. The lowest BCUT2D eigenvalue weighted by Gasteiger charge is -2.34. The minimum Gasteiger partial charge on any atom is -0.383 e. The van der Waals surface area contributed by atoms with Crippen LogP contribution in [-0.2, 0) is 4.74 Å².